The average Bonchev–Trinajstić information content (AvgIpc) is 2.69. The smallest absolute Gasteiger partial charge is 0.191 e. The van der Waals surface area contributed by atoms with Crippen molar-refractivity contribution in [3.05, 3.63) is 35.4 Å². The van der Waals surface area contributed by atoms with Crippen LogP contribution in [0.3, 0.4) is 0 Å². The molecule has 0 aliphatic carbocycles. The quantitative estimate of drug-likeness (QED) is 0.188. The Morgan fingerprint density at radius 3 is 2.68 bits per heavy atom. The van der Waals surface area contributed by atoms with E-state index in [4.69, 9.17) is 4.99 Å². The van der Waals surface area contributed by atoms with Crippen molar-refractivity contribution in [1.29, 1.82) is 0 Å². The lowest BCUT2D eigenvalue weighted by molar-refractivity contribution is 0.251. The van der Waals surface area contributed by atoms with E-state index in [1.165, 1.54) is 11.1 Å². The molecule has 5 nitrogen and oxygen atoms in total. The van der Waals surface area contributed by atoms with E-state index in [1.807, 2.05) is 0 Å². The first kappa shape index (κ1) is 25.2. The Kier molecular flexibility index (Phi) is 13.5. The summed E-state index contributed by atoms with van der Waals surface area (Å²) in [7, 11) is 0. The Bertz CT molecular complexity index is 561. The number of aliphatic imine (C=N–C) groups is 1. The number of nitrogens with zero attached hydrogens (tertiary/aromatic N) is 2. The van der Waals surface area contributed by atoms with Gasteiger partial charge < -0.3 is 15.7 Å². The van der Waals surface area contributed by atoms with Gasteiger partial charge in [0.25, 0.3) is 0 Å². The monoisotopic (exact) mass is 502 g/mol. The van der Waals surface area contributed by atoms with Crippen LogP contribution in [0.2, 0.25) is 0 Å². The highest BCUT2D eigenvalue weighted by Gasteiger charge is 2.15. The highest BCUT2D eigenvalue weighted by Crippen LogP contribution is 2.18. The number of fused-ring (bicyclic) bond motifs is 1. The molecule has 6 heteroatoms. The third-order valence-electron chi connectivity index (χ3n) is 5.24. The van der Waals surface area contributed by atoms with E-state index in [1.54, 1.807) is 0 Å². The zero-order valence-electron chi connectivity index (χ0n) is 17.6. The Morgan fingerprint density at radius 2 is 1.96 bits per heavy atom. The van der Waals surface area contributed by atoms with Gasteiger partial charge in [0.1, 0.15) is 0 Å². The summed E-state index contributed by atoms with van der Waals surface area (Å²) in [4.78, 5) is 7.28. The SMILES string of the molecule is CCCC(CCO)CN=C(NCC)NCCCN1CCc2ccccc2C1.I. The molecule has 160 valence electrons. The molecule has 0 fully saturated rings. The molecular weight excluding hydrogens is 463 g/mol. The van der Waals surface area contributed by atoms with Crippen molar-refractivity contribution in [3.8, 4) is 0 Å². The summed E-state index contributed by atoms with van der Waals surface area (Å²) in [5, 5.41) is 16.0. The Labute approximate surface area is 188 Å². The third kappa shape index (κ3) is 9.09. The van der Waals surface area contributed by atoms with Crippen LogP contribution >= 0.6 is 24.0 Å². The van der Waals surface area contributed by atoms with Gasteiger partial charge in [-0.3, -0.25) is 9.89 Å². The molecule has 1 atom stereocenters. The Hall–Kier alpha value is -0.860. The number of rotatable bonds is 11. The average molecular weight is 502 g/mol. The van der Waals surface area contributed by atoms with E-state index in [2.05, 4.69) is 53.6 Å². The Balaban J connectivity index is 0.00000392. The van der Waals surface area contributed by atoms with Gasteiger partial charge in [0, 0.05) is 45.9 Å². The van der Waals surface area contributed by atoms with E-state index < -0.39 is 0 Å². The second kappa shape index (κ2) is 15.0. The first-order valence-electron chi connectivity index (χ1n) is 10.7. The fourth-order valence-electron chi connectivity index (χ4n) is 3.73. The van der Waals surface area contributed by atoms with E-state index in [0.29, 0.717) is 5.92 Å². The van der Waals surface area contributed by atoms with Crippen molar-refractivity contribution in [1.82, 2.24) is 15.5 Å². The molecule has 28 heavy (non-hydrogen) atoms. The summed E-state index contributed by atoms with van der Waals surface area (Å²) in [6.45, 7) is 10.5. The number of aliphatic hydroxyl groups is 1. The fourth-order valence-corrected chi connectivity index (χ4v) is 3.73. The van der Waals surface area contributed by atoms with E-state index in [-0.39, 0.29) is 30.6 Å². The number of aliphatic hydroxyl groups excluding tert-OH is 1. The van der Waals surface area contributed by atoms with Crippen LogP contribution in [0.25, 0.3) is 0 Å². The van der Waals surface area contributed by atoms with E-state index in [0.717, 1.165) is 77.3 Å². The molecule has 0 bridgehead atoms. The maximum Gasteiger partial charge on any atom is 0.191 e. The minimum atomic E-state index is 0. The van der Waals surface area contributed by atoms with Crippen LogP contribution in [-0.2, 0) is 13.0 Å². The number of halogens is 1. The van der Waals surface area contributed by atoms with Gasteiger partial charge in [-0.05, 0) is 49.7 Å². The zero-order valence-corrected chi connectivity index (χ0v) is 20.0. The van der Waals surface area contributed by atoms with Crippen molar-refractivity contribution in [3.63, 3.8) is 0 Å². The van der Waals surface area contributed by atoms with Gasteiger partial charge in [-0.1, -0.05) is 37.6 Å². The summed E-state index contributed by atoms with van der Waals surface area (Å²) in [5.41, 5.74) is 3.00. The van der Waals surface area contributed by atoms with Crippen molar-refractivity contribution < 1.29 is 5.11 Å². The van der Waals surface area contributed by atoms with Crippen LogP contribution in [0.4, 0.5) is 0 Å². The lowest BCUT2D eigenvalue weighted by Gasteiger charge is -2.28. The van der Waals surface area contributed by atoms with Crippen molar-refractivity contribution in [2.45, 2.75) is 52.5 Å². The molecule has 1 heterocycles. The van der Waals surface area contributed by atoms with Gasteiger partial charge in [0.15, 0.2) is 5.96 Å². The minimum absolute atomic E-state index is 0. The summed E-state index contributed by atoms with van der Waals surface area (Å²) >= 11 is 0. The summed E-state index contributed by atoms with van der Waals surface area (Å²) in [6.07, 6.45) is 5.38. The maximum absolute atomic E-state index is 9.21. The number of benzene rings is 1. The second-order valence-corrected chi connectivity index (χ2v) is 7.46. The number of nitrogens with one attached hydrogen (secondary N) is 2. The fraction of sp³-hybridized carbons (Fsp3) is 0.682. The molecule has 0 saturated heterocycles. The van der Waals surface area contributed by atoms with Crippen LogP contribution in [-0.4, -0.2) is 55.3 Å². The van der Waals surface area contributed by atoms with E-state index in [9.17, 15) is 5.11 Å². The highest BCUT2D eigenvalue weighted by molar-refractivity contribution is 14.0. The highest BCUT2D eigenvalue weighted by atomic mass is 127. The number of hydrogen-bond donors (Lipinski definition) is 3. The molecule has 0 radical (unpaired) electrons. The molecule has 0 aromatic heterocycles. The largest absolute Gasteiger partial charge is 0.396 e. The molecule has 1 aromatic rings. The number of guanidine groups is 1. The van der Waals surface area contributed by atoms with Gasteiger partial charge >= 0.3 is 0 Å². The van der Waals surface area contributed by atoms with Gasteiger partial charge in [-0.25, -0.2) is 0 Å². The molecule has 1 aliphatic heterocycles. The zero-order chi connectivity index (χ0) is 19.3. The van der Waals surface area contributed by atoms with Crippen molar-refractivity contribution >= 4 is 29.9 Å². The number of hydrogen-bond acceptors (Lipinski definition) is 3. The van der Waals surface area contributed by atoms with Crippen LogP contribution in [0, 0.1) is 5.92 Å². The second-order valence-electron chi connectivity index (χ2n) is 7.46. The maximum atomic E-state index is 9.21. The normalized spacial score (nSPS) is 15.5. The molecule has 1 aromatic carbocycles. The first-order chi connectivity index (χ1) is 13.3. The first-order valence-corrected chi connectivity index (χ1v) is 10.7. The third-order valence-corrected chi connectivity index (χ3v) is 5.24. The van der Waals surface area contributed by atoms with Crippen LogP contribution in [0.5, 0.6) is 0 Å². The molecule has 3 N–H and O–H groups in total. The topological polar surface area (TPSA) is 59.9 Å². The van der Waals surface area contributed by atoms with Crippen molar-refractivity contribution in [2.75, 3.05) is 39.3 Å². The lowest BCUT2D eigenvalue weighted by Crippen LogP contribution is -2.39. The molecule has 0 saturated carbocycles. The van der Waals surface area contributed by atoms with Gasteiger partial charge in [0.05, 0.1) is 0 Å². The minimum Gasteiger partial charge on any atom is -0.396 e. The predicted molar refractivity (Wildman–Crippen MR) is 130 cm³/mol. The molecule has 1 aliphatic rings. The van der Waals surface area contributed by atoms with E-state index >= 15 is 0 Å². The predicted octanol–water partition coefficient (Wildman–Crippen LogP) is 3.41. The van der Waals surface area contributed by atoms with Gasteiger partial charge in [-0.15, -0.1) is 24.0 Å². The van der Waals surface area contributed by atoms with Crippen LogP contribution in [0.15, 0.2) is 29.3 Å². The molecular formula is C22H39IN4O. The van der Waals surface area contributed by atoms with Crippen LogP contribution in [0.1, 0.15) is 50.7 Å². The van der Waals surface area contributed by atoms with Gasteiger partial charge in [-0.2, -0.15) is 0 Å². The Morgan fingerprint density at radius 1 is 1.18 bits per heavy atom. The molecule has 2 rings (SSSR count). The summed E-state index contributed by atoms with van der Waals surface area (Å²) in [5.74, 6) is 1.38. The summed E-state index contributed by atoms with van der Waals surface area (Å²) in [6, 6.07) is 8.81. The summed E-state index contributed by atoms with van der Waals surface area (Å²) < 4.78 is 0. The van der Waals surface area contributed by atoms with Crippen molar-refractivity contribution in [2.24, 2.45) is 10.9 Å². The molecule has 0 spiro atoms. The lowest BCUT2D eigenvalue weighted by atomic mass is 10.00. The standard InChI is InChI=1S/C22H38N4O.HI/c1-3-8-19(12-16-27)17-25-22(23-4-2)24-13-7-14-26-15-11-20-9-5-6-10-21(20)18-26;/h5-6,9-10,19,27H,3-4,7-8,11-18H2,1-2H3,(H2,23,24,25);1H. The molecule has 1 unspecified atom stereocenters. The molecule has 0 amide bonds. The van der Waals surface area contributed by atoms with Gasteiger partial charge in [0.2, 0.25) is 0 Å². The van der Waals surface area contributed by atoms with Crippen LogP contribution < -0.4 is 10.6 Å².